The number of benzene rings is 2. The van der Waals surface area contributed by atoms with Crippen LogP contribution in [0.5, 0.6) is 0 Å². The highest BCUT2D eigenvalue weighted by molar-refractivity contribution is 7.99. The molecule has 0 amide bonds. The minimum atomic E-state index is 0.680. The van der Waals surface area contributed by atoms with Gasteiger partial charge in [-0.25, -0.2) is 9.97 Å². The predicted octanol–water partition coefficient (Wildman–Crippen LogP) is 6.55. The first kappa shape index (κ1) is 18.4. The summed E-state index contributed by atoms with van der Waals surface area (Å²) >= 11 is 9.96. The van der Waals surface area contributed by atoms with E-state index in [-0.39, 0.29) is 0 Å². The van der Waals surface area contributed by atoms with Gasteiger partial charge in [-0.15, -0.1) is 23.5 Å². The largest absolute Gasteiger partial charge is 0.283 e. The standard InChI is InChI=1S/C21H18ClN3S2/c1-3-27-16-8-5-14(6-9-16)19-20(25-12-4-11-23-21(25)24-19)15-7-10-18(26-2)17(22)13-15/h4-13H,3H2,1-2H3. The number of hydrogen-bond donors (Lipinski definition) is 0. The smallest absolute Gasteiger partial charge is 0.234 e. The SMILES string of the molecule is CCSc1ccc(-c2nc3ncccn3c2-c2ccc(SC)c(Cl)c2)cc1. The maximum Gasteiger partial charge on any atom is 0.234 e. The molecule has 0 atom stereocenters. The van der Waals surface area contributed by atoms with Gasteiger partial charge in [0.15, 0.2) is 0 Å². The van der Waals surface area contributed by atoms with Crippen LogP contribution < -0.4 is 0 Å². The van der Waals surface area contributed by atoms with E-state index in [0.29, 0.717) is 5.78 Å². The number of thioether (sulfide) groups is 2. The second kappa shape index (κ2) is 7.97. The number of nitrogens with zero attached hydrogens (tertiary/aromatic N) is 3. The molecule has 0 saturated carbocycles. The highest BCUT2D eigenvalue weighted by atomic mass is 35.5. The lowest BCUT2D eigenvalue weighted by atomic mass is 10.0. The van der Waals surface area contributed by atoms with Gasteiger partial charge >= 0.3 is 0 Å². The van der Waals surface area contributed by atoms with Crippen LogP contribution in [-0.2, 0) is 0 Å². The van der Waals surface area contributed by atoms with Crippen LogP contribution in [0.4, 0.5) is 0 Å². The number of hydrogen-bond acceptors (Lipinski definition) is 4. The van der Waals surface area contributed by atoms with Crippen LogP contribution in [0.15, 0.2) is 70.7 Å². The number of rotatable bonds is 5. The summed E-state index contributed by atoms with van der Waals surface area (Å²) in [4.78, 5) is 11.6. The Bertz CT molecular complexity index is 1090. The quantitative estimate of drug-likeness (QED) is 0.348. The Kier molecular flexibility index (Phi) is 5.43. The van der Waals surface area contributed by atoms with Gasteiger partial charge in [-0.2, -0.15) is 0 Å². The van der Waals surface area contributed by atoms with Crippen molar-refractivity contribution < 1.29 is 0 Å². The summed E-state index contributed by atoms with van der Waals surface area (Å²) in [5, 5.41) is 0.750. The van der Waals surface area contributed by atoms with Crippen LogP contribution in [0.2, 0.25) is 5.02 Å². The molecule has 0 radical (unpaired) electrons. The Morgan fingerprint density at radius 3 is 2.56 bits per heavy atom. The van der Waals surface area contributed by atoms with Crippen molar-refractivity contribution in [2.75, 3.05) is 12.0 Å². The van der Waals surface area contributed by atoms with E-state index in [0.717, 1.165) is 38.2 Å². The summed E-state index contributed by atoms with van der Waals surface area (Å²) in [6, 6.07) is 16.6. The molecule has 0 aliphatic heterocycles. The van der Waals surface area contributed by atoms with Crippen LogP contribution in [0, 0.1) is 0 Å². The molecule has 0 aliphatic carbocycles. The summed E-state index contributed by atoms with van der Waals surface area (Å²) in [6.45, 7) is 2.16. The summed E-state index contributed by atoms with van der Waals surface area (Å²) in [7, 11) is 0. The highest BCUT2D eigenvalue weighted by Crippen LogP contribution is 2.36. The van der Waals surface area contributed by atoms with E-state index in [1.54, 1.807) is 18.0 Å². The Balaban J connectivity index is 1.91. The average Bonchev–Trinajstić information content (AvgIpc) is 3.08. The van der Waals surface area contributed by atoms with E-state index in [1.165, 1.54) is 4.90 Å². The fraction of sp³-hybridized carbons (Fsp3) is 0.143. The van der Waals surface area contributed by atoms with Gasteiger partial charge in [-0.1, -0.05) is 36.7 Å². The number of halogens is 1. The lowest BCUT2D eigenvalue weighted by Crippen LogP contribution is -1.91. The molecule has 0 N–H and O–H groups in total. The van der Waals surface area contributed by atoms with Gasteiger partial charge in [0, 0.05) is 33.3 Å². The van der Waals surface area contributed by atoms with Crippen molar-refractivity contribution in [3.05, 3.63) is 65.9 Å². The lowest BCUT2D eigenvalue weighted by Gasteiger charge is -2.08. The molecule has 4 aromatic rings. The molecule has 0 unspecified atom stereocenters. The third kappa shape index (κ3) is 3.59. The number of imidazole rings is 1. The van der Waals surface area contributed by atoms with Gasteiger partial charge < -0.3 is 0 Å². The Hall–Kier alpha value is -1.95. The molecular formula is C21H18ClN3S2. The maximum absolute atomic E-state index is 6.48. The normalized spacial score (nSPS) is 11.2. The molecule has 3 nitrogen and oxygen atoms in total. The van der Waals surface area contributed by atoms with Crippen molar-refractivity contribution in [3.8, 4) is 22.5 Å². The molecule has 0 aliphatic rings. The van der Waals surface area contributed by atoms with Gasteiger partial charge in [0.2, 0.25) is 5.78 Å². The zero-order valence-corrected chi connectivity index (χ0v) is 17.4. The van der Waals surface area contributed by atoms with E-state index in [9.17, 15) is 0 Å². The average molecular weight is 412 g/mol. The Morgan fingerprint density at radius 1 is 1.07 bits per heavy atom. The first-order chi connectivity index (χ1) is 13.2. The minimum absolute atomic E-state index is 0.680. The van der Waals surface area contributed by atoms with Gasteiger partial charge in [-0.3, -0.25) is 4.40 Å². The molecule has 4 rings (SSSR count). The van der Waals surface area contributed by atoms with E-state index < -0.39 is 0 Å². The molecule has 0 spiro atoms. The summed E-state index contributed by atoms with van der Waals surface area (Å²) < 4.78 is 2.02. The monoisotopic (exact) mass is 411 g/mol. The molecule has 27 heavy (non-hydrogen) atoms. The molecule has 2 aromatic carbocycles. The van der Waals surface area contributed by atoms with Crippen molar-refractivity contribution in [1.82, 2.24) is 14.4 Å². The highest BCUT2D eigenvalue weighted by Gasteiger charge is 2.17. The van der Waals surface area contributed by atoms with Crippen molar-refractivity contribution in [3.63, 3.8) is 0 Å². The molecule has 0 fully saturated rings. The Labute approximate surface area is 172 Å². The van der Waals surface area contributed by atoms with Crippen molar-refractivity contribution in [2.45, 2.75) is 16.7 Å². The summed E-state index contributed by atoms with van der Waals surface area (Å²) in [6.07, 6.45) is 5.78. The maximum atomic E-state index is 6.48. The van der Waals surface area contributed by atoms with Gasteiger partial charge in [0.1, 0.15) is 0 Å². The second-order valence-electron chi connectivity index (χ2n) is 5.91. The minimum Gasteiger partial charge on any atom is -0.283 e. The number of fused-ring (bicyclic) bond motifs is 1. The van der Waals surface area contributed by atoms with E-state index in [1.807, 2.05) is 40.7 Å². The van der Waals surface area contributed by atoms with Crippen molar-refractivity contribution in [1.29, 1.82) is 0 Å². The molecule has 6 heteroatoms. The van der Waals surface area contributed by atoms with Gasteiger partial charge in [0.05, 0.1) is 16.4 Å². The van der Waals surface area contributed by atoms with Crippen LogP contribution in [0.1, 0.15) is 6.92 Å². The molecule has 0 saturated heterocycles. The molecule has 2 heterocycles. The topological polar surface area (TPSA) is 30.2 Å². The van der Waals surface area contributed by atoms with Crippen molar-refractivity contribution >= 4 is 40.9 Å². The molecule has 2 aromatic heterocycles. The first-order valence-electron chi connectivity index (χ1n) is 8.61. The van der Waals surface area contributed by atoms with Crippen LogP contribution in [0.25, 0.3) is 28.3 Å². The first-order valence-corrected chi connectivity index (χ1v) is 11.2. The summed E-state index contributed by atoms with van der Waals surface area (Å²) in [5.74, 6) is 1.74. The predicted molar refractivity (Wildman–Crippen MR) is 117 cm³/mol. The fourth-order valence-corrected chi connectivity index (χ4v) is 4.59. The van der Waals surface area contributed by atoms with Crippen LogP contribution in [0.3, 0.4) is 0 Å². The second-order valence-corrected chi connectivity index (χ2v) is 8.50. The molecular weight excluding hydrogens is 394 g/mol. The fourth-order valence-electron chi connectivity index (χ4n) is 3.05. The Morgan fingerprint density at radius 2 is 1.85 bits per heavy atom. The molecule has 0 bridgehead atoms. The van der Waals surface area contributed by atoms with Crippen LogP contribution >= 0.6 is 35.1 Å². The van der Waals surface area contributed by atoms with Gasteiger partial charge in [-0.05, 0) is 42.3 Å². The molecule has 136 valence electrons. The van der Waals surface area contributed by atoms with Crippen molar-refractivity contribution in [2.24, 2.45) is 0 Å². The zero-order valence-electron chi connectivity index (χ0n) is 15.0. The van der Waals surface area contributed by atoms with E-state index >= 15 is 0 Å². The zero-order chi connectivity index (χ0) is 18.8. The lowest BCUT2D eigenvalue weighted by molar-refractivity contribution is 1.11. The van der Waals surface area contributed by atoms with E-state index in [2.05, 4.69) is 48.3 Å². The van der Waals surface area contributed by atoms with E-state index in [4.69, 9.17) is 16.6 Å². The summed E-state index contributed by atoms with van der Waals surface area (Å²) in [5.41, 5.74) is 4.01. The van der Waals surface area contributed by atoms with Gasteiger partial charge in [0.25, 0.3) is 0 Å². The number of aromatic nitrogens is 3. The third-order valence-electron chi connectivity index (χ3n) is 4.27. The third-order valence-corrected chi connectivity index (χ3v) is 6.38. The van der Waals surface area contributed by atoms with Crippen LogP contribution in [-0.4, -0.2) is 26.4 Å².